The summed E-state index contributed by atoms with van der Waals surface area (Å²) in [5.41, 5.74) is 1.01. The second-order valence-corrected chi connectivity index (χ2v) is 4.10. The van der Waals surface area contributed by atoms with E-state index < -0.39 is 0 Å². The van der Waals surface area contributed by atoms with Crippen molar-refractivity contribution in [1.29, 1.82) is 0 Å². The number of nitrogens with zero attached hydrogens (tertiary/aromatic N) is 2. The average molecular weight is 261 g/mol. The lowest BCUT2D eigenvalue weighted by molar-refractivity contribution is -0.123. The zero-order valence-electron chi connectivity index (χ0n) is 10.6. The van der Waals surface area contributed by atoms with E-state index in [-0.39, 0.29) is 24.2 Å². The predicted octanol–water partition coefficient (Wildman–Crippen LogP) is 0.704. The normalized spacial score (nSPS) is 10.1. The van der Waals surface area contributed by atoms with Crippen molar-refractivity contribution in [2.75, 3.05) is 13.1 Å². The first-order chi connectivity index (χ1) is 7.59. The molecule has 1 amide bonds. The van der Waals surface area contributed by atoms with E-state index in [9.17, 15) is 4.79 Å². The summed E-state index contributed by atoms with van der Waals surface area (Å²) >= 11 is 0. The van der Waals surface area contributed by atoms with Crippen LogP contribution in [0.25, 0.3) is 0 Å². The third kappa shape index (κ3) is 6.28. The number of nitrogens with one attached hydrogen (secondary N) is 2. The van der Waals surface area contributed by atoms with E-state index in [4.69, 9.17) is 0 Å². The number of hydrogen-bond acceptors (Lipinski definition) is 3. The van der Waals surface area contributed by atoms with E-state index in [0.29, 0.717) is 6.54 Å². The highest BCUT2D eigenvalue weighted by atomic mass is 35.5. The van der Waals surface area contributed by atoms with Crippen LogP contribution in [-0.2, 0) is 18.4 Å². The molecule has 0 unspecified atom stereocenters. The maximum atomic E-state index is 11.2. The molecule has 0 atom stereocenters. The summed E-state index contributed by atoms with van der Waals surface area (Å²) in [6.45, 7) is 5.92. The van der Waals surface area contributed by atoms with Crippen LogP contribution in [0.2, 0.25) is 0 Å². The van der Waals surface area contributed by atoms with Crippen LogP contribution in [0.15, 0.2) is 12.3 Å². The van der Waals surface area contributed by atoms with Gasteiger partial charge in [-0.25, -0.2) is 0 Å². The van der Waals surface area contributed by atoms with Crippen molar-refractivity contribution in [3.05, 3.63) is 18.0 Å². The topological polar surface area (TPSA) is 59.0 Å². The standard InChI is InChI=1S/C11H20N4O.ClH/c1-9(2)11(16)13-6-5-12-8-10-4-7-15(3)14-10;/h4,7,9,12H,5-6,8H2,1-3H3,(H,13,16);1H. The molecule has 0 aromatic carbocycles. The molecule has 0 aliphatic rings. The summed E-state index contributed by atoms with van der Waals surface area (Å²) in [5, 5.41) is 10.3. The van der Waals surface area contributed by atoms with Crippen LogP contribution in [0.1, 0.15) is 19.5 Å². The molecule has 17 heavy (non-hydrogen) atoms. The van der Waals surface area contributed by atoms with Gasteiger partial charge in [-0.05, 0) is 6.07 Å². The molecule has 1 aromatic rings. The Balaban J connectivity index is 0.00000256. The van der Waals surface area contributed by atoms with Crippen LogP contribution in [0.5, 0.6) is 0 Å². The zero-order valence-corrected chi connectivity index (χ0v) is 11.4. The van der Waals surface area contributed by atoms with Crippen molar-refractivity contribution in [1.82, 2.24) is 20.4 Å². The first-order valence-electron chi connectivity index (χ1n) is 5.56. The van der Waals surface area contributed by atoms with Gasteiger partial charge in [0, 0.05) is 38.8 Å². The molecular formula is C11H21ClN4O. The molecule has 6 heteroatoms. The summed E-state index contributed by atoms with van der Waals surface area (Å²) in [6, 6.07) is 1.97. The number of hydrogen-bond donors (Lipinski definition) is 2. The molecule has 0 radical (unpaired) electrons. The Morgan fingerprint density at radius 1 is 1.47 bits per heavy atom. The van der Waals surface area contributed by atoms with Crippen molar-refractivity contribution in [3.63, 3.8) is 0 Å². The summed E-state index contributed by atoms with van der Waals surface area (Å²) in [7, 11) is 1.90. The molecule has 5 nitrogen and oxygen atoms in total. The van der Waals surface area contributed by atoms with Gasteiger partial charge < -0.3 is 10.6 Å². The Labute approximate surface area is 108 Å². The van der Waals surface area contributed by atoms with Crippen molar-refractivity contribution >= 4 is 18.3 Å². The summed E-state index contributed by atoms with van der Waals surface area (Å²) in [4.78, 5) is 11.2. The number of carbonyl (C=O) groups is 1. The van der Waals surface area contributed by atoms with Crippen molar-refractivity contribution in [2.24, 2.45) is 13.0 Å². The van der Waals surface area contributed by atoms with Gasteiger partial charge >= 0.3 is 0 Å². The van der Waals surface area contributed by atoms with Crippen LogP contribution >= 0.6 is 12.4 Å². The van der Waals surface area contributed by atoms with Gasteiger partial charge in [-0.3, -0.25) is 9.48 Å². The van der Waals surface area contributed by atoms with Gasteiger partial charge in [0.15, 0.2) is 0 Å². The van der Waals surface area contributed by atoms with Crippen molar-refractivity contribution in [3.8, 4) is 0 Å². The summed E-state index contributed by atoms with van der Waals surface area (Å²) in [6.07, 6.45) is 1.91. The predicted molar refractivity (Wildman–Crippen MR) is 70.0 cm³/mol. The molecule has 0 aliphatic carbocycles. The van der Waals surface area contributed by atoms with Crippen LogP contribution in [-0.4, -0.2) is 28.8 Å². The van der Waals surface area contributed by atoms with Gasteiger partial charge in [-0.2, -0.15) is 5.10 Å². The second-order valence-electron chi connectivity index (χ2n) is 4.10. The van der Waals surface area contributed by atoms with E-state index in [1.807, 2.05) is 33.2 Å². The fourth-order valence-corrected chi connectivity index (χ4v) is 1.25. The van der Waals surface area contributed by atoms with Gasteiger partial charge in [-0.15, -0.1) is 12.4 Å². The minimum absolute atomic E-state index is 0. The lowest BCUT2D eigenvalue weighted by atomic mass is 10.2. The van der Waals surface area contributed by atoms with Gasteiger partial charge in [0.1, 0.15) is 0 Å². The fraction of sp³-hybridized carbons (Fsp3) is 0.636. The number of aryl methyl sites for hydroxylation is 1. The first kappa shape index (κ1) is 15.9. The molecule has 0 fully saturated rings. The SMILES string of the molecule is CC(C)C(=O)NCCNCc1ccn(C)n1.Cl. The zero-order chi connectivity index (χ0) is 12.0. The minimum atomic E-state index is 0. The quantitative estimate of drug-likeness (QED) is 0.741. The Morgan fingerprint density at radius 2 is 2.18 bits per heavy atom. The molecule has 0 aliphatic heterocycles. The number of amides is 1. The molecule has 1 rings (SSSR count). The molecule has 0 spiro atoms. The smallest absolute Gasteiger partial charge is 0.222 e. The Hall–Kier alpha value is -1.07. The molecule has 0 saturated carbocycles. The molecule has 98 valence electrons. The first-order valence-corrected chi connectivity index (χ1v) is 5.56. The van der Waals surface area contributed by atoms with Crippen molar-refractivity contribution < 1.29 is 4.79 Å². The lowest BCUT2D eigenvalue weighted by Gasteiger charge is -2.07. The molecular weight excluding hydrogens is 240 g/mol. The van der Waals surface area contributed by atoms with Crippen LogP contribution < -0.4 is 10.6 Å². The molecule has 1 aromatic heterocycles. The lowest BCUT2D eigenvalue weighted by Crippen LogP contribution is -2.34. The summed E-state index contributed by atoms with van der Waals surface area (Å²) < 4.78 is 1.78. The number of carbonyl (C=O) groups excluding carboxylic acids is 1. The molecule has 0 bridgehead atoms. The Morgan fingerprint density at radius 3 is 2.71 bits per heavy atom. The van der Waals surface area contributed by atoms with Crippen LogP contribution in [0.4, 0.5) is 0 Å². The Bertz CT molecular complexity index is 338. The number of halogens is 1. The monoisotopic (exact) mass is 260 g/mol. The molecule has 2 N–H and O–H groups in total. The van der Waals surface area contributed by atoms with E-state index in [1.54, 1.807) is 4.68 Å². The van der Waals surface area contributed by atoms with Gasteiger partial charge in [-0.1, -0.05) is 13.8 Å². The fourth-order valence-electron chi connectivity index (χ4n) is 1.25. The maximum Gasteiger partial charge on any atom is 0.222 e. The van der Waals surface area contributed by atoms with E-state index in [0.717, 1.165) is 18.8 Å². The number of rotatable bonds is 6. The Kier molecular flexibility index (Phi) is 7.58. The van der Waals surface area contributed by atoms with E-state index in [1.165, 1.54) is 0 Å². The van der Waals surface area contributed by atoms with E-state index in [2.05, 4.69) is 15.7 Å². The van der Waals surface area contributed by atoms with Gasteiger partial charge in [0.25, 0.3) is 0 Å². The van der Waals surface area contributed by atoms with Gasteiger partial charge in [0.05, 0.1) is 5.69 Å². The third-order valence-electron chi connectivity index (χ3n) is 2.20. The van der Waals surface area contributed by atoms with Crippen LogP contribution in [0.3, 0.4) is 0 Å². The molecule has 0 saturated heterocycles. The highest BCUT2D eigenvalue weighted by Gasteiger charge is 2.04. The third-order valence-corrected chi connectivity index (χ3v) is 2.20. The minimum Gasteiger partial charge on any atom is -0.355 e. The van der Waals surface area contributed by atoms with Crippen molar-refractivity contribution in [2.45, 2.75) is 20.4 Å². The maximum absolute atomic E-state index is 11.2. The number of aromatic nitrogens is 2. The van der Waals surface area contributed by atoms with Crippen LogP contribution in [0, 0.1) is 5.92 Å². The summed E-state index contributed by atoms with van der Waals surface area (Å²) in [5.74, 6) is 0.149. The largest absolute Gasteiger partial charge is 0.355 e. The highest BCUT2D eigenvalue weighted by molar-refractivity contribution is 5.85. The second kappa shape index (κ2) is 8.08. The van der Waals surface area contributed by atoms with Gasteiger partial charge in [0.2, 0.25) is 5.91 Å². The van der Waals surface area contributed by atoms with E-state index >= 15 is 0 Å². The molecule has 1 heterocycles. The highest BCUT2D eigenvalue weighted by Crippen LogP contribution is 1.92. The average Bonchev–Trinajstić information content (AvgIpc) is 2.63.